The number of fused-ring (bicyclic) bond motifs is 1. The van der Waals surface area contributed by atoms with Crippen molar-refractivity contribution in [3.05, 3.63) is 71.3 Å². The first-order valence-corrected chi connectivity index (χ1v) is 8.04. The minimum atomic E-state index is -0.212. The summed E-state index contributed by atoms with van der Waals surface area (Å²) in [7, 11) is 2.99. The first-order chi connectivity index (χ1) is 11.7. The standard InChI is InChI=1S/C20H21NO3/c1-23-18-11-14(12-19(24-2)20(18)22)7-3-4-8-15-13-21-17-10-6-5-9-16(15)17/h5-7,9-13,21H,3-4,8H2,1-2H3. The van der Waals surface area contributed by atoms with Crippen LogP contribution in [0, 0.1) is 0 Å². The number of rotatable bonds is 6. The van der Waals surface area contributed by atoms with Gasteiger partial charge in [-0.1, -0.05) is 24.3 Å². The maximum absolute atomic E-state index is 11.9. The summed E-state index contributed by atoms with van der Waals surface area (Å²) in [4.78, 5) is 15.2. The summed E-state index contributed by atoms with van der Waals surface area (Å²) in [6.45, 7) is 0. The lowest BCUT2D eigenvalue weighted by Crippen LogP contribution is -2.13. The largest absolute Gasteiger partial charge is 0.492 e. The summed E-state index contributed by atoms with van der Waals surface area (Å²) in [5, 5.41) is 1.29. The van der Waals surface area contributed by atoms with Crippen molar-refractivity contribution in [2.45, 2.75) is 19.3 Å². The second kappa shape index (κ2) is 7.21. The Hall–Kier alpha value is -2.75. The van der Waals surface area contributed by atoms with Crippen LogP contribution in [-0.2, 0) is 20.7 Å². The van der Waals surface area contributed by atoms with Crippen LogP contribution >= 0.6 is 0 Å². The molecule has 1 heterocycles. The highest BCUT2D eigenvalue weighted by molar-refractivity contribution is 6.07. The molecule has 3 rings (SSSR count). The number of Topliss-reactive ketones (excluding diaryl/α,β-unsaturated/α-hetero) is 1. The number of allylic oxidation sites excluding steroid dienone is 4. The van der Waals surface area contributed by atoms with Crippen LogP contribution in [0.15, 0.2) is 65.8 Å². The molecule has 0 spiro atoms. The Morgan fingerprint density at radius 2 is 1.79 bits per heavy atom. The number of benzene rings is 1. The lowest BCUT2D eigenvalue weighted by Gasteiger charge is -2.13. The monoisotopic (exact) mass is 323 g/mol. The zero-order chi connectivity index (χ0) is 16.9. The van der Waals surface area contributed by atoms with E-state index in [2.05, 4.69) is 35.5 Å². The summed E-state index contributed by atoms with van der Waals surface area (Å²) >= 11 is 0. The molecular weight excluding hydrogens is 302 g/mol. The van der Waals surface area contributed by atoms with Crippen LogP contribution in [-0.4, -0.2) is 25.0 Å². The quantitative estimate of drug-likeness (QED) is 0.816. The number of carbonyl (C=O) groups excluding carboxylic acids is 1. The van der Waals surface area contributed by atoms with Crippen LogP contribution in [0.4, 0.5) is 0 Å². The van der Waals surface area contributed by atoms with Crippen molar-refractivity contribution >= 4 is 16.7 Å². The third kappa shape index (κ3) is 3.27. The molecule has 0 amide bonds. The molecule has 0 aliphatic heterocycles. The van der Waals surface area contributed by atoms with Gasteiger partial charge in [-0.2, -0.15) is 0 Å². The SMILES string of the molecule is COC1=CC(=CCCCc2c[nH]c3ccccc23)C=C(OC)C1=O. The molecule has 124 valence electrons. The summed E-state index contributed by atoms with van der Waals surface area (Å²) in [6, 6.07) is 8.34. The Balaban J connectivity index is 1.64. The number of H-pyrrole nitrogens is 1. The summed E-state index contributed by atoms with van der Waals surface area (Å²) < 4.78 is 10.2. The number of methoxy groups -OCH3 is 2. The van der Waals surface area contributed by atoms with Crippen LogP contribution in [0.1, 0.15) is 18.4 Å². The number of unbranched alkanes of at least 4 members (excludes halogenated alkanes) is 1. The highest BCUT2D eigenvalue weighted by atomic mass is 16.5. The van der Waals surface area contributed by atoms with Gasteiger partial charge in [-0.15, -0.1) is 0 Å². The van der Waals surface area contributed by atoms with Gasteiger partial charge in [0.05, 0.1) is 14.2 Å². The van der Waals surface area contributed by atoms with Gasteiger partial charge in [0.25, 0.3) is 5.78 Å². The van der Waals surface area contributed by atoms with Gasteiger partial charge in [-0.25, -0.2) is 0 Å². The normalized spacial score (nSPS) is 14.4. The molecule has 0 saturated heterocycles. The number of ketones is 1. The van der Waals surface area contributed by atoms with Crippen LogP contribution in [0.25, 0.3) is 10.9 Å². The number of aryl methyl sites for hydroxylation is 1. The van der Waals surface area contributed by atoms with E-state index < -0.39 is 0 Å². The number of ether oxygens (including phenoxy) is 2. The van der Waals surface area contributed by atoms with Gasteiger partial charge in [-0.3, -0.25) is 4.79 Å². The van der Waals surface area contributed by atoms with Gasteiger partial charge < -0.3 is 14.5 Å². The van der Waals surface area contributed by atoms with Crippen molar-refractivity contribution in [2.24, 2.45) is 0 Å². The van der Waals surface area contributed by atoms with Gasteiger partial charge in [0.1, 0.15) is 0 Å². The third-order valence-corrected chi connectivity index (χ3v) is 4.19. The minimum Gasteiger partial charge on any atom is -0.492 e. The fourth-order valence-electron chi connectivity index (χ4n) is 2.92. The average molecular weight is 323 g/mol. The molecule has 1 aromatic heterocycles. The van der Waals surface area contributed by atoms with Crippen molar-refractivity contribution in [3.63, 3.8) is 0 Å². The molecule has 0 radical (unpaired) electrons. The Bertz CT molecular complexity index is 813. The predicted molar refractivity (Wildman–Crippen MR) is 94.5 cm³/mol. The van der Waals surface area contributed by atoms with E-state index in [9.17, 15) is 4.79 Å². The Labute approximate surface area is 141 Å². The lowest BCUT2D eigenvalue weighted by atomic mass is 10.0. The average Bonchev–Trinajstić information content (AvgIpc) is 3.03. The molecule has 24 heavy (non-hydrogen) atoms. The topological polar surface area (TPSA) is 51.3 Å². The van der Waals surface area contributed by atoms with E-state index in [0.29, 0.717) is 11.5 Å². The van der Waals surface area contributed by atoms with Gasteiger partial charge in [0, 0.05) is 17.1 Å². The molecule has 1 aromatic carbocycles. The van der Waals surface area contributed by atoms with E-state index >= 15 is 0 Å². The number of para-hydroxylation sites is 1. The van der Waals surface area contributed by atoms with E-state index in [4.69, 9.17) is 9.47 Å². The molecule has 1 aliphatic rings. The third-order valence-electron chi connectivity index (χ3n) is 4.19. The van der Waals surface area contributed by atoms with Crippen LogP contribution in [0.2, 0.25) is 0 Å². The van der Waals surface area contributed by atoms with E-state index in [-0.39, 0.29) is 5.78 Å². The fraction of sp³-hybridized carbons (Fsp3) is 0.250. The molecule has 0 fully saturated rings. The Morgan fingerprint density at radius 3 is 2.50 bits per heavy atom. The molecule has 4 heteroatoms. The molecule has 0 unspecified atom stereocenters. The second-order valence-corrected chi connectivity index (χ2v) is 5.71. The van der Waals surface area contributed by atoms with Crippen LogP contribution in [0.5, 0.6) is 0 Å². The molecule has 0 saturated carbocycles. The number of hydrogen-bond donors (Lipinski definition) is 1. The van der Waals surface area contributed by atoms with Crippen LogP contribution in [0.3, 0.4) is 0 Å². The van der Waals surface area contributed by atoms with Crippen LogP contribution < -0.4 is 0 Å². The zero-order valence-electron chi connectivity index (χ0n) is 14.0. The summed E-state index contributed by atoms with van der Waals surface area (Å²) in [5.74, 6) is 0.422. The molecule has 2 aromatic rings. The first-order valence-electron chi connectivity index (χ1n) is 8.04. The smallest absolute Gasteiger partial charge is 0.261 e. The van der Waals surface area contributed by atoms with E-state index in [1.54, 1.807) is 12.2 Å². The van der Waals surface area contributed by atoms with E-state index in [0.717, 1.165) is 24.8 Å². The molecule has 0 bridgehead atoms. The summed E-state index contributed by atoms with van der Waals surface area (Å²) in [5.41, 5.74) is 3.46. The zero-order valence-corrected chi connectivity index (χ0v) is 14.0. The number of nitrogens with one attached hydrogen (secondary N) is 1. The van der Waals surface area contributed by atoms with Gasteiger partial charge >= 0.3 is 0 Å². The van der Waals surface area contributed by atoms with Crippen molar-refractivity contribution in [2.75, 3.05) is 14.2 Å². The highest BCUT2D eigenvalue weighted by Gasteiger charge is 2.21. The number of aromatic amines is 1. The second-order valence-electron chi connectivity index (χ2n) is 5.71. The van der Waals surface area contributed by atoms with E-state index in [1.165, 1.54) is 30.7 Å². The molecule has 0 atom stereocenters. The number of aromatic nitrogens is 1. The van der Waals surface area contributed by atoms with Crippen molar-refractivity contribution in [1.29, 1.82) is 0 Å². The Morgan fingerprint density at radius 1 is 1.08 bits per heavy atom. The molecule has 1 N–H and O–H groups in total. The minimum absolute atomic E-state index is 0.212. The number of hydrogen-bond acceptors (Lipinski definition) is 3. The maximum atomic E-state index is 11.9. The molecule has 4 nitrogen and oxygen atoms in total. The number of carbonyl (C=O) groups is 1. The van der Waals surface area contributed by atoms with Crippen molar-refractivity contribution in [3.8, 4) is 0 Å². The fourth-order valence-corrected chi connectivity index (χ4v) is 2.92. The maximum Gasteiger partial charge on any atom is 0.261 e. The molecular formula is C20H21NO3. The van der Waals surface area contributed by atoms with Gasteiger partial charge in [0.15, 0.2) is 11.5 Å². The highest BCUT2D eigenvalue weighted by Crippen LogP contribution is 2.22. The van der Waals surface area contributed by atoms with Gasteiger partial charge in [0.2, 0.25) is 0 Å². The Kier molecular flexibility index (Phi) is 4.85. The molecule has 1 aliphatic carbocycles. The van der Waals surface area contributed by atoms with E-state index in [1.807, 2.05) is 6.07 Å². The van der Waals surface area contributed by atoms with Crippen molar-refractivity contribution in [1.82, 2.24) is 4.98 Å². The summed E-state index contributed by atoms with van der Waals surface area (Å²) in [6.07, 6.45) is 10.7. The lowest BCUT2D eigenvalue weighted by molar-refractivity contribution is -0.117. The predicted octanol–water partition coefficient (Wildman–Crippen LogP) is 4.06. The first kappa shape index (κ1) is 16.1. The van der Waals surface area contributed by atoms with Crippen molar-refractivity contribution < 1.29 is 14.3 Å². The van der Waals surface area contributed by atoms with Gasteiger partial charge in [-0.05, 0) is 48.6 Å².